The number of amides is 3. The number of nitrogens with one attached hydrogen (secondary N) is 3. The van der Waals surface area contributed by atoms with Gasteiger partial charge in [-0.3, -0.25) is 14.4 Å². The van der Waals surface area contributed by atoms with Crippen LogP contribution < -0.4 is 39.6 Å². The van der Waals surface area contributed by atoms with E-state index in [2.05, 4.69) is 26.2 Å². The molecule has 14 nitrogen and oxygen atoms in total. The zero-order valence-corrected chi connectivity index (χ0v) is 33.1. The molecule has 0 radical (unpaired) electrons. The predicted octanol–water partition coefficient (Wildman–Crippen LogP) is 10.1. The van der Waals surface area contributed by atoms with Crippen LogP contribution in [-0.2, 0) is 0 Å². The topological polar surface area (TPSA) is 178 Å². The molecule has 0 aliphatic rings. The van der Waals surface area contributed by atoms with Crippen LogP contribution in [0.15, 0.2) is 107 Å². The number of hydrogen-bond donors (Lipinski definition) is 4. The number of methoxy groups -OCH3 is 5. The molecular weight excluding hydrogens is 789 g/mol. The highest BCUT2D eigenvalue weighted by molar-refractivity contribution is 6.33. The van der Waals surface area contributed by atoms with Gasteiger partial charge < -0.3 is 44.7 Å². The smallest absolute Gasteiger partial charge is 0.259 e. The fourth-order valence-corrected chi connectivity index (χ4v) is 6.29. The van der Waals surface area contributed by atoms with Gasteiger partial charge in [-0.05, 0) is 53.9 Å². The minimum absolute atomic E-state index is 0.124. The first-order valence-electron chi connectivity index (χ1n) is 17.2. The molecule has 6 aromatic carbocycles. The van der Waals surface area contributed by atoms with Gasteiger partial charge in [0.1, 0.15) is 40.1 Å². The molecule has 0 atom stereocenters. The summed E-state index contributed by atoms with van der Waals surface area (Å²) in [7, 11) is 7.12. The maximum absolute atomic E-state index is 14.0. The van der Waals surface area contributed by atoms with Crippen LogP contribution in [0.1, 0.15) is 31.1 Å². The average Bonchev–Trinajstić information content (AvgIpc) is 3.23. The Morgan fingerprint density at radius 3 is 1.67 bits per heavy atom. The van der Waals surface area contributed by atoms with Crippen molar-refractivity contribution in [2.75, 3.05) is 51.5 Å². The Bertz CT molecular complexity index is 2590. The molecule has 0 fully saturated rings. The summed E-state index contributed by atoms with van der Waals surface area (Å²) in [6, 6.07) is 25.4. The molecule has 0 aliphatic heterocycles. The van der Waals surface area contributed by atoms with Gasteiger partial charge in [-0.25, -0.2) is 0 Å². The predicted molar refractivity (Wildman–Crippen MR) is 222 cm³/mol. The van der Waals surface area contributed by atoms with E-state index in [1.165, 1.54) is 84.1 Å². The van der Waals surface area contributed by atoms with Gasteiger partial charge in [0.2, 0.25) is 0 Å². The molecule has 3 amide bonds. The van der Waals surface area contributed by atoms with Gasteiger partial charge in [-0.15, -0.1) is 10.2 Å². The summed E-state index contributed by atoms with van der Waals surface area (Å²) in [6.45, 7) is 0. The third-order valence-electron chi connectivity index (χ3n) is 8.77. The molecule has 0 aliphatic carbocycles. The molecule has 0 saturated heterocycles. The van der Waals surface area contributed by atoms with Gasteiger partial charge in [-0.1, -0.05) is 47.5 Å². The number of nitrogens with zero attached hydrogens (tertiary/aromatic N) is 2. The van der Waals surface area contributed by atoms with Crippen molar-refractivity contribution >= 4 is 80.1 Å². The number of anilines is 3. The molecule has 0 unspecified atom stereocenters. The van der Waals surface area contributed by atoms with E-state index in [9.17, 15) is 19.5 Å². The minimum atomic E-state index is -0.775. The minimum Gasteiger partial charge on any atom is -0.505 e. The number of hydrogen-bond acceptors (Lipinski definition) is 11. The van der Waals surface area contributed by atoms with Crippen LogP contribution >= 0.6 is 23.2 Å². The van der Waals surface area contributed by atoms with Crippen molar-refractivity contribution in [2.24, 2.45) is 10.2 Å². The highest BCUT2D eigenvalue weighted by Crippen LogP contribution is 2.43. The second-order valence-corrected chi connectivity index (χ2v) is 13.1. The first-order valence-corrected chi connectivity index (χ1v) is 18.0. The van der Waals surface area contributed by atoms with Crippen molar-refractivity contribution in [3.63, 3.8) is 0 Å². The highest BCUT2D eigenvalue weighted by Gasteiger charge is 2.23. The molecule has 6 aromatic rings. The van der Waals surface area contributed by atoms with E-state index in [4.69, 9.17) is 46.9 Å². The fraction of sp³-hybridized carbons (Fsp3) is 0.119. The van der Waals surface area contributed by atoms with Crippen molar-refractivity contribution in [1.29, 1.82) is 0 Å². The van der Waals surface area contributed by atoms with Gasteiger partial charge in [0.05, 0.1) is 62.5 Å². The molecule has 0 saturated carbocycles. The third-order valence-corrected chi connectivity index (χ3v) is 9.36. The van der Waals surface area contributed by atoms with Gasteiger partial charge >= 0.3 is 0 Å². The number of carbonyl (C=O) groups is 3. The standard InChI is InChI=1S/C42H35Cl2N5O9/c1-54-33-14-12-23(40(51)45-25-9-7-6-8-10-25)17-32(33)48-49-38-26-13-11-22(41(52)46-30-20-34(55-2)28(43)18-36(30)57-4)15-24(26)16-27(39(38)50)42(53)47-31-21-35(56-3)29(44)19-37(31)58-5/h6-21,50H,1-5H3,(H,45,51)(H,46,52)(H,47,53). The lowest BCUT2D eigenvalue weighted by molar-refractivity contribution is 0.101. The van der Waals surface area contributed by atoms with Gasteiger partial charge in [0, 0.05) is 46.5 Å². The van der Waals surface area contributed by atoms with Crippen LogP contribution in [0.4, 0.5) is 28.4 Å². The Hall–Kier alpha value is -7.03. The summed E-state index contributed by atoms with van der Waals surface area (Å²) < 4.78 is 27.0. The van der Waals surface area contributed by atoms with Crippen LogP contribution in [0.3, 0.4) is 0 Å². The van der Waals surface area contributed by atoms with Crippen molar-refractivity contribution < 1.29 is 43.2 Å². The lowest BCUT2D eigenvalue weighted by atomic mass is 10.00. The summed E-state index contributed by atoms with van der Waals surface area (Å²) in [5, 5.41) is 30.0. The zero-order chi connectivity index (χ0) is 41.5. The molecule has 296 valence electrons. The van der Waals surface area contributed by atoms with E-state index in [-0.39, 0.29) is 72.5 Å². The van der Waals surface area contributed by atoms with Crippen molar-refractivity contribution in [3.05, 3.63) is 124 Å². The number of benzene rings is 6. The molecule has 58 heavy (non-hydrogen) atoms. The molecule has 6 rings (SSSR count). The molecule has 16 heteroatoms. The maximum atomic E-state index is 14.0. The molecule has 0 aromatic heterocycles. The van der Waals surface area contributed by atoms with Crippen molar-refractivity contribution in [1.82, 2.24) is 0 Å². The lowest BCUT2D eigenvalue weighted by Crippen LogP contribution is -2.14. The molecule has 4 N–H and O–H groups in total. The number of azo groups is 1. The Morgan fingerprint density at radius 2 is 1.09 bits per heavy atom. The van der Waals surface area contributed by atoms with E-state index in [0.29, 0.717) is 22.2 Å². The number of ether oxygens (including phenoxy) is 5. The summed E-state index contributed by atoms with van der Waals surface area (Å²) in [6.07, 6.45) is 0. The van der Waals surface area contributed by atoms with E-state index >= 15 is 0 Å². The lowest BCUT2D eigenvalue weighted by Gasteiger charge is -2.15. The first kappa shape index (κ1) is 40.6. The number of carbonyl (C=O) groups excluding carboxylic acids is 3. The summed E-state index contributed by atoms with van der Waals surface area (Å²) in [5.74, 6) is -0.916. The number of aromatic hydroxyl groups is 1. The van der Waals surface area contributed by atoms with E-state index in [1.54, 1.807) is 42.5 Å². The normalized spacial score (nSPS) is 10.9. The first-order chi connectivity index (χ1) is 28.0. The molecule has 0 spiro atoms. The van der Waals surface area contributed by atoms with Gasteiger partial charge in [0.15, 0.2) is 5.75 Å². The molecular formula is C42H35Cl2N5O9. The Morgan fingerprint density at radius 1 is 0.552 bits per heavy atom. The second kappa shape index (κ2) is 17.8. The third kappa shape index (κ3) is 8.68. The average molecular weight is 825 g/mol. The van der Waals surface area contributed by atoms with Crippen molar-refractivity contribution in [3.8, 4) is 34.5 Å². The number of fused-ring (bicyclic) bond motifs is 1. The Balaban J connectivity index is 1.44. The van der Waals surface area contributed by atoms with Crippen molar-refractivity contribution in [2.45, 2.75) is 0 Å². The van der Waals surface area contributed by atoms with Gasteiger partial charge in [0.25, 0.3) is 17.7 Å². The maximum Gasteiger partial charge on any atom is 0.259 e. The number of para-hydroxylation sites is 1. The van der Waals surface area contributed by atoms with E-state index in [1.807, 2.05) is 6.07 Å². The quantitative estimate of drug-likeness (QED) is 0.0825. The van der Waals surface area contributed by atoms with E-state index < -0.39 is 23.5 Å². The number of phenols is 1. The van der Waals surface area contributed by atoms with Gasteiger partial charge in [-0.2, -0.15) is 0 Å². The number of phenolic OH excluding ortho intramolecular Hbond substituents is 1. The van der Waals surface area contributed by atoms with Crippen LogP contribution in [0, 0.1) is 0 Å². The Labute approximate surface area is 342 Å². The zero-order valence-electron chi connectivity index (χ0n) is 31.6. The van der Waals surface area contributed by atoms with Crippen LogP contribution in [0.2, 0.25) is 10.0 Å². The number of rotatable bonds is 13. The monoisotopic (exact) mass is 823 g/mol. The van der Waals surface area contributed by atoms with E-state index in [0.717, 1.165) is 0 Å². The molecule has 0 bridgehead atoms. The number of halogens is 2. The summed E-state index contributed by atoms with van der Waals surface area (Å²) in [5.41, 5.74) is 1.27. The fourth-order valence-electron chi connectivity index (χ4n) is 5.83. The summed E-state index contributed by atoms with van der Waals surface area (Å²) in [4.78, 5) is 40.8. The highest BCUT2D eigenvalue weighted by atomic mass is 35.5. The largest absolute Gasteiger partial charge is 0.505 e. The summed E-state index contributed by atoms with van der Waals surface area (Å²) >= 11 is 12.5. The van der Waals surface area contributed by atoms with Crippen LogP contribution in [0.5, 0.6) is 34.5 Å². The second-order valence-electron chi connectivity index (χ2n) is 12.2. The van der Waals surface area contributed by atoms with Crippen LogP contribution in [-0.4, -0.2) is 58.4 Å². The SMILES string of the molecule is COc1cc(NC(=O)c2ccc3c(N=Nc4cc(C(=O)Nc5ccccc5)ccc4OC)c(O)c(C(=O)Nc4cc(OC)c(Cl)cc4OC)cc3c2)c(OC)cc1Cl. The Kier molecular flexibility index (Phi) is 12.5. The molecule has 0 heterocycles. The van der Waals surface area contributed by atoms with Crippen LogP contribution in [0.25, 0.3) is 10.8 Å².